The second-order valence-electron chi connectivity index (χ2n) is 5.98. The van der Waals surface area contributed by atoms with E-state index in [0.717, 1.165) is 24.1 Å². The number of carbonyl (C=O) groups is 1. The summed E-state index contributed by atoms with van der Waals surface area (Å²) >= 11 is 0. The van der Waals surface area contributed by atoms with Gasteiger partial charge >= 0.3 is 0 Å². The number of nitrogens with zero attached hydrogens (tertiary/aromatic N) is 2. The molecule has 8 nitrogen and oxygen atoms in total. The normalized spacial score (nSPS) is 19.3. The molecule has 0 unspecified atom stereocenters. The van der Waals surface area contributed by atoms with Crippen LogP contribution in [-0.4, -0.2) is 30.3 Å². The molecule has 1 aliphatic heterocycles. The Morgan fingerprint density at radius 2 is 1.80 bits per heavy atom. The van der Waals surface area contributed by atoms with Crippen molar-refractivity contribution in [3.63, 3.8) is 0 Å². The van der Waals surface area contributed by atoms with Crippen LogP contribution in [0.3, 0.4) is 0 Å². The fraction of sp³-hybridized carbons (Fsp3) is 0.353. The summed E-state index contributed by atoms with van der Waals surface area (Å²) < 4.78 is 15.6. The Bertz CT molecular complexity index is 836. The van der Waals surface area contributed by atoms with Crippen LogP contribution in [-0.2, 0) is 4.79 Å². The van der Waals surface area contributed by atoms with Gasteiger partial charge in [-0.1, -0.05) is 0 Å². The Hall–Kier alpha value is -3.03. The van der Waals surface area contributed by atoms with Crippen LogP contribution >= 0.6 is 0 Å². The van der Waals surface area contributed by atoms with Crippen LogP contribution in [0.2, 0.25) is 0 Å². The lowest BCUT2D eigenvalue weighted by Crippen LogP contribution is -2.23. The molecule has 130 valence electrons. The van der Waals surface area contributed by atoms with Gasteiger partial charge in [-0.25, -0.2) is 4.63 Å². The third-order valence-corrected chi connectivity index (χ3v) is 4.49. The number of nitrogens with one attached hydrogen (secondary N) is 2. The van der Waals surface area contributed by atoms with Gasteiger partial charge in [-0.15, -0.1) is 0 Å². The minimum absolute atomic E-state index is 0.107. The quantitative estimate of drug-likeness (QED) is 0.878. The lowest BCUT2D eigenvalue weighted by molar-refractivity contribution is -0.116. The number of carbonyl (C=O) groups excluding carboxylic acids is 1. The number of ether oxygens (including phenoxy) is 2. The molecule has 0 spiro atoms. The van der Waals surface area contributed by atoms with E-state index >= 15 is 0 Å². The van der Waals surface area contributed by atoms with Gasteiger partial charge in [0, 0.05) is 23.8 Å². The zero-order chi connectivity index (χ0) is 17.4. The third-order valence-electron chi connectivity index (χ3n) is 4.49. The number of aromatic nitrogens is 2. The Morgan fingerprint density at radius 1 is 1.08 bits per heavy atom. The van der Waals surface area contributed by atoms with Crippen LogP contribution < -0.4 is 20.1 Å². The molecule has 0 saturated carbocycles. The van der Waals surface area contributed by atoms with Crippen molar-refractivity contribution in [2.45, 2.75) is 25.3 Å². The molecule has 2 heterocycles. The number of Topliss-reactive ketones (excluding diaryl/α,β-unsaturated/α-hetero) is 1. The second-order valence-corrected chi connectivity index (χ2v) is 5.98. The van der Waals surface area contributed by atoms with E-state index in [4.69, 9.17) is 14.1 Å². The number of rotatable bonds is 3. The van der Waals surface area contributed by atoms with E-state index in [1.807, 2.05) is 12.1 Å². The molecule has 4 rings (SSSR count). The number of hydrogen-bond acceptors (Lipinski definition) is 8. The molecule has 1 aromatic heterocycles. The molecule has 1 atom stereocenters. The first-order valence-corrected chi connectivity index (χ1v) is 8.05. The molecular formula is C17H18N4O4. The lowest BCUT2D eigenvalue weighted by atomic mass is 9.86. The summed E-state index contributed by atoms with van der Waals surface area (Å²) in [5.74, 6) is 2.36. The van der Waals surface area contributed by atoms with Gasteiger partial charge in [0.25, 0.3) is 0 Å². The molecule has 0 amide bonds. The van der Waals surface area contributed by atoms with E-state index in [1.165, 1.54) is 0 Å². The Kier molecular flexibility index (Phi) is 3.79. The summed E-state index contributed by atoms with van der Waals surface area (Å²) in [6.07, 6.45) is 2.10. The first kappa shape index (κ1) is 15.5. The third kappa shape index (κ3) is 2.69. The fourth-order valence-corrected chi connectivity index (χ4v) is 3.29. The smallest absolute Gasteiger partial charge is 0.219 e. The SMILES string of the molecule is COc1cc(OC)cc([C@H]2Nc3nonc3NC3=C2C(=O)CCC3)c1. The van der Waals surface area contributed by atoms with Crippen molar-refractivity contribution in [1.29, 1.82) is 0 Å². The molecule has 1 aliphatic carbocycles. The van der Waals surface area contributed by atoms with Crippen LogP contribution in [0.5, 0.6) is 11.5 Å². The highest BCUT2D eigenvalue weighted by molar-refractivity contribution is 6.00. The van der Waals surface area contributed by atoms with Gasteiger partial charge in [-0.05, 0) is 40.9 Å². The minimum Gasteiger partial charge on any atom is -0.497 e. The van der Waals surface area contributed by atoms with Crippen molar-refractivity contribution in [2.75, 3.05) is 24.9 Å². The molecule has 2 N–H and O–H groups in total. The molecule has 8 heteroatoms. The van der Waals surface area contributed by atoms with E-state index < -0.39 is 6.04 Å². The number of methoxy groups -OCH3 is 2. The molecule has 0 fully saturated rings. The molecule has 0 bridgehead atoms. The predicted octanol–water partition coefficient (Wildman–Crippen LogP) is 2.67. The first-order chi connectivity index (χ1) is 12.2. The van der Waals surface area contributed by atoms with Crippen LogP contribution in [0.4, 0.5) is 11.6 Å². The molecule has 0 saturated heterocycles. The van der Waals surface area contributed by atoms with Gasteiger partial charge in [0.05, 0.1) is 20.3 Å². The Labute approximate surface area is 144 Å². The maximum absolute atomic E-state index is 12.7. The topological polar surface area (TPSA) is 98.5 Å². The van der Waals surface area contributed by atoms with Crippen LogP contribution in [0.1, 0.15) is 30.9 Å². The van der Waals surface area contributed by atoms with Gasteiger partial charge in [0.2, 0.25) is 11.6 Å². The molecule has 25 heavy (non-hydrogen) atoms. The maximum Gasteiger partial charge on any atom is 0.219 e. The van der Waals surface area contributed by atoms with Crippen LogP contribution in [0, 0.1) is 0 Å². The number of anilines is 2. The highest BCUT2D eigenvalue weighted by atomic mass is 16.6. The minimum atomic E-state index is -0.396. The Morgan fingerprint density at radius 3 is 2.52 bits per heavy atom. The number of allylic oxidation sites excluding steroid dienone is 1. The molecule has 1 aromatic carbocycles. The molecule has 2 aliphatic rings. The summed E-state index contributed by atoms with van der Waals surface area (Å²) in [4.78, 5) is 12.7. The molecule has 0 radical (unpaired) electrons. The largest absolute Gasteiger partial charge is 0.497 e. The standard InChI is InChI=1S/C17H18N4O4/c1-23-10-6-9(7-11(8-10)24-2)15-14-12(4-3-5-13(14)22)18-16-17(19-15)21-25-20-16/h6-8,15H,3-5H2,1-2H3,(H,18,20)(H,19,21)/t15-/m1/s1. The van der Waals surface area contributed by atoms with E-state index in [0.29, 0.717) is 35.1 Å². The monoisotopic (exact) mass is 342 g/mol. The van der Waals surface area contributed by atoms with Crippen molar-refractivity contribution in [3.8, 4) is 11.5 Å². The highest BCUT2D eigenvalue weighted by Gasteiger charge is 2.34. The van der Waals surface area contributed by atoms with Crippen LogP contribution in [0.15, 0.2) is 34.1 Å². The number of hydrogen-bond donors (Lipinski definition) is 2. The fourth-order valence-electron chi connectivity index (χ4n) is 3.29. The van der Waals surface area contributed by atoms with Crippen LogP contribution in [0.25, 0.3) is 0 Å². The number of benzene rings is 1. The number of ketones is 1. The van der Waals surface area contributed by atoms with Gasteiger partial charge < -0.3 is 20.1 Å². The van der Waals surface area contributed by atoms with E-state index in [2.05, 4.69) is 20.9 Å². The van der Waals surface area contributed by atoms with Crippen molar-refractivity contribution in [3.05, 3.63) is 35.0 Å². The zero-order valence-electron chi connectivity index (χ0n) is 14.0. The van der Waals surface area contributed by atoms with Crippen molar-refractivity contribution in [2.24, 2.45) is 0 Å². The maximum atomic E-state index is 12.7. The zero-order valence-corrected chi connectivity index (χ0v) is 14.0. The summed E-state index contributed by atoms with van der Waals surface area (Å²) in [5.41, 5.74) is 2.39. The summed E-state index contributed by atoms with van der Waals surface area (Å²) in [7, 11) is 3.19. The highest BCUT2D eigenvalue weighted by Crippen LogP contribution is 2.40. The average Bonchev–Trinajstić information content (AvgIpc) is 3.00. The van der Waals surface area contributed by atoms with Gasteiger partial charge in [-0.2, -0.15) is 0 Å². The lowest BCUT2D eigenvalue weighted by Gasteiger charge is -2.25. The van der Waals surface area contributed by atoms with Crippen molar-refractivity contribution >= 4 is 17.4 Å². The van der Waals surface area contributed by atoms with Gasteiger partial charge in [0.1, 0.15) is 11.5 Å². The van der Waals surface area contributed by atoms with E-state index in [9.17, 15) is 4.79 Å². The summed E-state index contributed by atoms with van der Waals surface area (Å²) in [6.45, 7) is 0. The van der Waals surface area contributed by atoms with Gasteiger partial charge in [-0.3, -0.25) is 4.79 Å². The first-order valence-electron chi connectivity index (χ1n) is 8.05. The average molecular weight is 342 g/mol. The van der Waals surface area contributed by atoms with Crippen molar-refractivity contribution in [1.82, 2.24) is 10.3 Å². The summed E-state index contributed by atoms with van der Waals surface area (Å²) in [6, 6.07) is 5.16. The predicted molar refractivity (Wildman–Crippen MR) is 89.7 cm³/mol. The summed E-state index contributed by atoms with van der Waals surface area (Å²) in [5, 5.41) is 14.2. The van der Waals surface area contributed by atoms with E-state index in [-0.39, 0.29) is 5.78 Å². The van der Waals surface area contributed by atoms with E-state index in [1.54, 1.807) is 20.3 Å². The second kappa shape index (κ2) is 6.12. The molecular weight excluding hydrogens is 324 g/mol. The van der Waals surface area contributed by atoms with Crippen molar-refractivity contribution < 1.29 is 18.9 Å². The van der Waals surface area contributed by atoms with Gasteiger partial charge in [0.15, 0.2) is 5.78 Å². The number of fused-ring (bicyclic) bond motifs is 1. The Balaban J connectivity index is 1.87. The molecule has 2 aromatic rings.